The van der Waals surface area contributed by atoms with Gasteiger partial charge in [-0.15, -0.1) is 0 Å². The first kappa shape index (κ1) is 7.58. The topological polar surface area (TPSA) is 37.3 Å². The predicted octanol–water partition coefficient (Wildman–Crippen LogP) is 1.86. The second-order valence-corrected chi connectivity index (χ2v) is 2.82. The molecule has 57 valence electrons. The summed E-state index contributed by atoms with van der Waals surface area (Å²) in [5.41, 5.74) is 0. The van der Waals surface area contributed by atoms with Crippen molar-refractivity contribution in [2.24, 2.45) is 5.92 Å². The molecular formula is C8H13O2. The van der Waals surface area contributed by atoms with E-state index in [0.29, 0.717) is 0 Å². The smallest absolute Gasteiger partial charge is 0.306 e. The van der Waals surface area contributed by atoms with Gasteiger partial charge in [-0.2, -0.15) is 0 Å². The van der Waals surface area contributed by atoms with Crippen molar-refractivity contribution in [1.82, 2.24) is 0 Å². The van der Waals surface area contributed by atoms with Crippen molar-refractivity contribution < 1.29 is 9.90 Å². The molecule has 1 fully saturated rings. The van der Waals surface area contributed by atoms with Gasteiger partial charge < -0.3 is 5.11 Å². The van der Waals surface area contributed by atoms with E-state index in [2.05, 4.69) is 0 Å². The molecule has 0 aliphatic heterocycles. The summed E-state index contributed by atoms with van der Waals surface area (Å²) in [5, 5.41) is 8.63. The van der Waals surface area contributed by atoms with Crippen LogP contribution in [0.1, 0.15) is 32.1 Å². The fourth-order valence-electron chi connectivity index (χ4n) is 1.35. The van der Waals surface area contributed by atoms with Crippen LogP contribution < -0.4 is 0 Å². The summed E-state index contributed by atoms with van der Waals surface area (Å²) in [6.45, 7) is 0. The predicted molar refractivity (Wildman–Crippen MR) is 38.5 cm³/mol. The summed E-state index contributed by atoms with van der Waals surface area (Å²) in [4.78, 5) is 10.5. The first-order chi connectivity index (χ1) is 4.80. The van der Waals surface area contributed by atoms with Gasteiger partial charge in [-0.3, -0.25) is 4.79 Å². The van der Waals surface area contributed by atoms with E-state index in [9.17, 15) is 4.79 Å². The van der Waals surface area contributed by atoms with Gasteiger partial charge in [0.25, 0.3) is 0 Å². The summed E-state index contributed by atoms with van der Waals surface area (Å²) in [6.07, 6.45) is 7.21. The lowest BCUT2D eigenvalue weighted by atomic mass is 10.0. The van der Waals surface area contributed by atoms with Gasteiger partial charge in [0, 0.05) is 0 Å². The average Bonchev–Trinajstić information content (AvgIpc) is 2.12. The first-order valence-electron chi connectivity index (χ1n) is 3.87. The summed E-state index contributed by atoms with van der Waals surface area (Å²) < 4.78 is 0. The normalized spacial score (nSPS) is 22.0. The molecule has 0 heterocycles. The minimum atomic E-state index is -0.651. The summed E-state index contributed by atoms with van der Waals surface area (Å²) in [7, 11) is 0. The lowest BCUT2D eigenvalue weighted by molar-refractivity contribution is -0.140. The van der Waals surface area contributed by atoms with Gasteiger partial charge >= 0.3 is 5.97 Å². The van der Waals surface area contributed by atoms with E-state index in [1.165, 1.54) is 12.8 Å². The molecule has 10 heavy (non-hydrogen) atoms. The van der Waals surface area contributed by atoms with Gasteiger partial charge in [-0.1, -0.05) is 19.3 Å². The molecule has 0 saturated heterocycles. The molecule has 1 aliphatic rings. The van der Waals surface area contributed by atoms with E-state index in [0.717, 1.165) is 19.3 Å². The van der Waals surface area contributed by atoms with Crippen molar-refractivity contribution in [3.63, 3.8) is 0 Å². The van der Waals surface area contributed by atoms with E-state index >= 15 is 0 Å². The molecule has 0 aromatic heterocycles. The third-order valence-corrected chi connectivity index (χ3v) is 1.99. The lowest BCUT2D eigenvalue weighted by Gasteiger charge is -2.05. The Morgan fingerprint density at radius 2 is 2.20 bits per heavy atom. The maximum atomic E-state index is 10.5. The SMILES string of the molecule is O=C(O)C1[CH]CCCCC1. The number of aliphatic carboxylic acids is 1. The zero-order valence-corrected chi connectivity index (χ0v) is 6.05. The molecule has 2 heteroatoms. The second kappa shape index (κ2) is 3.59. The number of carbonyl (C=O) groups is 1. The number of carboxylic acid groups (broad SMARTS) is 1. The maximum absolute atomic E-state index is 10.5. The van der Waals surface area contributed by atoms with Gasteiger partial charge in [-0.05, 0) is 19.3 Å². The third-order valence-electron chi connectivity index (χ3n) is 1.99. The molecule has 0 amide bonds. The van der Waals surface area contributed by atoms with E-state index < -0.39 is 5.97 Å². The van der Waals surface area contributed by atoms with E-state index in [1.807, 2.05) is 6.42 Å². The van der Waals surface area contributed by atoms with Crippen LogP contribution in [0.4, 0.5) is 0 Å². The van der Waals surface area contributed by atoms with Crippen LogP contribution in [0, 0.1) is 12.3 Å². The molecule has 2 nitrogen and oxygen atoms in total. The Labute approximate surface area is 61.2 Å². The van der Waals surface area contributed by atoms with Crippen molar-refractivity contribution in [3.8, 4) is 0 Å². The third kappa shape index (κ3) is 2.01. The number of rotatable bonds is 1. The highest BCUT2D eigenvalue weighted by Crippen LogP contribution is 2.21. The van der Waals surface area contributed by atoms with Crippen molar-refractivity contribution in [2.45, 2.75) is 32.1 Å². The minimum Gasteiger partial charge on any atom is -0.481 e. The quantitative estimate of drug-likeness (QED) is 0.566. The minimum absolute atomic E-state index is 0.164. The Hall–Kier alpha value is -0.530. The molecule has 0 spiro atoms. The number of hydrogen-bond donors (Lipinski definition) is 1. The van der Waals surface area contributed by atoms with Crippen LogP contribution in [-0.2, 0) is 4.79 Å². The zero-order valence-electron chi connectivity index (χ0n) is 6.05. The van der Waals surface area contributed by atoms with Crippen LogP contribution >= 0.6 is 0 Å². The van der Waals surface area contributed by atoms with Gasteiger partial charge in [0.2, 0.25) is 0 Å². The highest BCUT2D eigenvalue weighted by atomic mass is 16.4. The zero-order chi connectivity index (χ0) is 7.40. The standard InChI is InChI=1S/C8H13O2/c9-8(10)7-5-3-1-2-4-6-7/h5,7H,1-4,6H2,(H,9,10). The Morgan fingerprint density at radius 3 is 2.90 bits per heavy atom. The van der Waals surface area contributed by atoms with Gasteiger partial charge in [-0.25, -0.2) is 0 Å². The monoisotopic (exact) mass is 141 g/mol. The van der Waals surface area contributed by atoms with Gasteiger partial charge in [0.05, 0.1) is 5.92 Å². The van der Waals surface area contributed by atoms with Gasteiger partial charge in [0.1, 0.15) is 0 Å². The van der Waals surface area contributed by atoms with Crippen LogP contribution in [-0.4, -0.2) is 11.1 Å². The highest BCUT2D eigenvalue weighted by Gasteiger charge is 2.18. The number of hydrogen-bond acceptors (Lipinski definition) is 1. The molecule has 1 N–H and O–H groups in total. The van der Waals surface area contributed by atoms with Gasteiger partial charge in [0.15, 0.2) is 0 Å². The summed E-state index contributed by atoms with van der Waals surface area (Å²) in [6, 6.07) is 0. The molecule has 1 atom stereocenters. The maximum Gasteiger partial charge on any atom is 0.306 e. The molecule has 0 bridgehead atoms. The Bertz CT molecular complexity index is 112. The molecule has 1 unspecified atom stereocenters. The van der Waals surface area contributed by atoms with E-state index in [1.54, 1.807) is 0 Å². The fraction of sp³-hybridized carbons (Fsp3) is 0.750. The second-order valence-electron chi connectivity index (χ2n) is 2.82. The van der Waals surface area contributed by atoms with Crippen LogP contribution in [0.5, 0.6) is 0 Å². The fourth-order valence-corrected chi connectivity index (χ4v) is 1.35. The first-order valence-corrected chi connectivity index (χ1v) is 3.87. The molecule has 1 saturated carbocycles. The largest absolute Gasteiger partial charge is 0.481 e. The molecule has 0 aromatic rings. The summed E-state index contributed by atoms with van der Waals surface area (Å²) >= 11 is 0. The molecule has 0 aromatic carbocycles. The number of carboxylic acids is 1. The van der Waals surface area contributed by atoms with Crippen molar-refractivity contribution in [1.29, 1.82) is 0 Å². The molecular weight excluding hydrogens is 128 g/mol. The average molecular weight is 141 g/mol. The van der Waals surface area contributed by atoms with Crippen molar-refractivity contribution in [2.75, 3.05) is 0 Å². The van der Waals surface area contributed by atoms with Crippen molar-refractivity contribution >= 4 is 5.97 Å². The van der Waals surface area contributed by atoms with E-state index in [-0.39, 0.29) is 5.92 Å². The van der Waals surface area contributed by atoms with Crippen LogP contribution in [0.2, 0.25) is 0 Å². The molecule has 1 rings (SSSR count). The van der Waals surface area contributed by atoms with Crippen LogP contribution in [0.25, 0.3) is 0 Å². The molecule has 1 radical (unpaired) electrons. The van der Waals surface area contributed by atoms with Crippen LogP contribution in [0.3, 0.4) is 0 Å². The Morgan fingerprint density at radius 1 is 1.40 bits per heavy atom. The lowest BCUT2D eigenvalue weighted by Crippen LogP contribution is -2.12. The summed E-state index contributed by atoms with van der Waals surface area (Å²) in [5.74, 6) is -0.815. The van der Waals surface area contributed by atoms with Crippen LogP contribution in [0.15, 0.2) is 0 Å². The van der Waals surface area contributed by atoms with Crippen molar-refractivity contribution in [3.05, 3.63) is 6.42 Å². The Balaban J connectivity index is 2.35. The molecule has 1 aliphatic carbocycles. The Kier molecular flexibility index (Phi) is 2.72. The highest BCUT2D eigenvalue weighted by molar-refractivity contribution is 5.71. The van der Waals surface area contributed by atoms with E-state index in [4.69, 9.17) is 5.11 Å².